The van der Waals surface area contributed by atoms with Crippen LogP contribution in [0.5, 0.6) is 0 Å². The molecule has 0 aliphatic carbocycles. The molecule has 0 aromatic heterocycles. The SMILES string of the molecule is CCC(C)CCCCCCCCCCCCC(=O)O[C@H](COC(=O)CCCCCCCCCCCC(C)C)COP(=O)(O)OCC(O)COP(=O)(O)OC[C@@H](COC(=O)CCCCCCCCCCC(C)C)OC(=O)CCCCCCCCCC(C)C. The van der Waals surface area contributed by atoms with E-state index in [1.807, 2.05) is 0 Å². The zero-order chi connectivity index (χ0) is 64.7. The molecule has 3 N–H and O–H groups in total. The standard InChI is InChI=1S/C68H132O17P2/c1-9-61(8)47-39-31-23-14-10-11-15-26-34-42-50-67(72)84-63(54-78-65(70)48-40-32-24-16-12-13-20-28-36-44-58(2)3)56-82-86(74,75)80-52-62(69)53-81-87(76,77)83-57-64(85-68(73)51-43-35-27-19-22-30-38-46-60(6)7)55-79-66(71)49-41-33-25-18-17-21-29-37-45-59(4)5/h58-64,69H,9-57H2,1-8H3,(H,74,75)(H,76,77)/t61?,62?,63-,64-/m1/s1. The van der Waals surface area contributed by atoms with Gasteiger partial charge in [0.15, 0.2) is 12.2 Å². The van der Waals surface area contributed by atoms with Gasteiger partial charge in [-0.05, 0) is 49.4 Å². The number of phosphoric acid groups is 2. The Balaban J connectivity index is 5.26. The van der Waals surface area contributed by atoms with E-state index in [1.165, 1.54) is 135 Å². The van der Waals surface area contributed by atoms with Crippen LogP contribution in [0, 0.1) is 23.7 Å². The van der Waals surface area contributed by atoms with Gasteiger partial charge in [-0.1, -0.05) is 280 Å². The summed E-state index contributed by atoms with van der Waals surface area (Å²) in [5, 5.41) is 10.6. The van der Waals surface area contributed by atoms with E-state index < -0.39 is 97.5 Å². The monoisotopic (exact) mass is 1280 g/mol. The maximum Gasteiger partial charge on any atom is 0.472 e. The molecule has 17 nitrogen and oxygen atoms in total. The highest BCUT2D eigenvalue weighted by atomic mass is 31.2. The van der Waals surface area contributed by atoms with Crippen molar-refractivity contribution in [2.24, 2.45) is 23.7 Å². The zero-order valence-electron chi connectivity index (χ0n) is 56.6. The van der Waals surface area contributed by atoms with Crippen LogP contribution in [-0.4, -0.2) is 96.7 Å². The van der Waals surface area contributed by atoms with E-state index in [1.54, 1.807) is 0 Å². The predicted molar refractivity (Wildman–Crippen MR) is 349 cm³/mol. The fourth-order valence-corrected chi connectivity index (χ4v) is 11.7. The fraction of sp³-hybridized carbons (Fsp3) is 0.941. The number of esters is 4. The molecule has 0 spiro atoms. The minimum absolute atomic E-state index is 0.102. The molecule has 0 rings (SSSR count). The number of aliphatic hydroxyl groups is 1. The van der Waals surface area contributed by atoms with Crippen LogP contribution in [0.15, 0.2) is 0 Å². The molecule has 0 heterocycles. The van der Waals surface area contributed by atoms with Crippen LogP contribution in [0.4, 0.5) is 0 Å². The van der Waals surface area contributed by atoms with Crippen molar-refractivity contribution in [1.29, 1.82) is 0 Å². The number of hydrogen-bond acceptors (Lipinski definition) is 15. The van der Waals surface area contributed by atoms with Gasteiger partial charge >= 0.3 is 39.5 Å². The Hall–Kier alpha value is -1.94. The largest absolute Gasteiger partial charge is 0.472 e. The van der Waals surface area contributed by atoms with Gasteiger partial charge in [-0.15, -0.1) is 0 Å². The van der Waals surface area contributed by atoms with E-state index in [2.05, 4.69) is 55.4 Å². The van der Waals surface area contributed by atoms with Crippen LogP contribution in [-0.2, 0) is 65.4 Å². The van der Waals surface area contributed by atoms with Gasteiger partial charge in [0.1, 0.15) is 19.3 Å². The third kappa shape index (κ3) is 61.3. The molecule has 0 fully saturated rings. The molecule has 4 unspecified atom stereocenters. The predicted octanol–water partition coefficient (Wildman–Crippen LogP) is 18.9. The number of rotatable bonds is 65. The van der Waals surface area contributed by atoms with Crippen molar-refractivity contribution >= 4 is 39.5 Å². The summed E-state index contributed by atoms with van der Waals surface area (Å²) in [5.74, 6) is 0.834. The molecule has 0 bridgehead atoms. The summed E-state index contributed by atoms with van der Waals surface area (Å²) >= 11 is 0. The first-order valence-corrected chi connectivity index (χ1v) is 38.2. The third-order valence-corrected chi connectivity index (χ3v) is 17.8. The van der Waals surface area contributed by atoms with Crippen molar-refractivity contribution < 1.29 is 80.2 Å². The Bertz CT molecular complexity index is 1730. The molecule has 0 amide bonds. The summed E-state index contributed by atoms with van der Waals surface area (Å²) in [6.45, 7) is 14.0. The molecule has 0 radical (unpaired) electrons. The third-order valence-electron chi connectivity index (χ3n) is 15.9. The summed E-state index contributed by atoms with van der Waals surface area (Å²) < 4.78 is 68.2. The van der Waals surface area contributed by atoms with Crippen molar-refractivity contribution in [3.05, 3.63) is 0 Å². The minimum Gasteiger partial charge on any atom is -0.462 e. The Kier molecular flexibility index (Phi) is 56.6. The quantitative estimate of drug-likeness (QED) is 0.0222. The maximum absolute atomic E-state index is 13.0. The fourth-order valence-electron chi connectivity index (χ4n) is 10.1. The second kappa shape index (κ2) is 57.9. The Labute approximate surface area is 530 Å². The number of ether oxygens (including phenoxy) is 4. The van der Waals surface area contributed by atoms with Crippen LogP contribution in [0.1, 0.15) is 331 Å². The van der Waals surface area contributed by atoms with Gasteiger partial charge in [0.05, 0.1) is 26.4 Å². The summed E-state index contributed by atoms with van der Waals surface area (Å²) in [7, 11) is -9.90. The molecule has 0 aliphatic rings. The number of unbranched alkanes of at least 4 members (excludes halogenated alkanes) is 30. The molecule has 6 atom stereocenters. The van der Waals surface area contributed by atoms with Gasteiger partial charge in [0, 0.05) is 25.7 Å². The molecule has 516 valence electrons. The van der Waals surface area contributed by atoms with E-state index in [-0.39, 0.29) is 25.7 Å². The summed E-state index contributed by atoms with van der Waals surface area (Å²) in [5.41, 5.74) is 0. The van der Waals surface area contributed by atoms with Crippen LogP contribution in [0.2, 0.25) is 0 Å². The molecule has 87 heavy (non-hydrogen) atoms. The van der Waals surface area contributed by atoms with Crippen molar-refractivity contribution in [3.63, 3.8) is 0 Å². The lowest BCUT2D eigenvalue weighted by Crippen LogP contribution is -2.30. The van der Waals surface area contributed by atoms with E-state index >= 15 is 0 Å². The molecule has 0 aromatic carbocycles. The number of phosphoric ester groups is 2. The van der Waals surface area contributed by atoms with Crippen molar-refractivity contribution in [2.75, 3.05) is 39.6 Å². The van der Waals surface area contributed by atoms with Gasteiger partial charge < -0.3 is 33.8 Å². The number of aliphatic hydroxyl groups excluding tert-OH is 1. The molecule has 19 heteroatoms. The van der Waals surface area contributed by atoms with Gasteiger partial charge in [-0.3, -0.25) is 37.3 Å². The average Bonchev–Trinajstić information content (AvgIpc) is 3.57. The number of hydrogen-bond donors (Lipinski definition) is 3. The zero-order valence-corrected chi connectivity index (χ0v) is 58.4. The average molecular weight is 1280 g/mol. The number of carbonyl (C=O) groups is 4. The maximum atomic E-state index is 13.0. The Morgan fingerprint density at radius 1 is 0.322 bits per heavy atom. The lowest BCUT2D eigenvalue weighted by atomic mass is 9.99. The van der Waals surface area contributed by atoms with E-state index in [0.29, 0.717) is 31.6 Å². The van der Waals surface area contributed by atoms with Gasteiger partial charge in [0.2, 0.25) is 0 Å². The second-order valence-corrected chi connectivity index (χ2v) is 29.1. The highest BCUT2D eigenvalue weighted by Crippen LogP contribution is 2.45. The number of carbonyl (C=O) groups excluding carboxylic acids is 4. The molecular formula is C68H132O17P2. The topological polar surface area (TPSA) is 237 Å². The lowest BCUT2D eigenvalue weighted by Gasteiger charge is -2.21. The van der Waals surface area contributed by atoms with Crippen molar-refractivity contribution in [2.45, 2.75) is 350 Å². The first kappa shape index (κ1) is 85.1. The molecule has 0 saturated carbocycles. The van der Waals surface area contributed by atoms with Gasteiger partial charge in [-0.25, -0.2) is 9.13 Å². The second-order valence-electron chi connectivity index (χ2n) is 26.2. The van der Waals surface area contributed by atoms with Crippen LogP contribution >= 0.6 is 15.6 Å². The van der Waals surface area contributed by atoms with Gasteiger partial charge in [0.25, 0.3) is 0 Å². The molecule has 0 aromatic rings. The Morgan fingerprint density at radius 2 is 0.552 bits per heavy atom. The van der Waals surface area contributed by atoms with E-state index in [0.717, 1.165) is 108 Å². The highest BCUT2D eigenvalue weighted by Gasteiger charge is 2.30. The van der Waals surface area contributed by atoms with Crippen molar-refractivity contribution in [3.8, 4) is 0 Å². The molecule has 0 aliphatic heterocycles. The smallest absolute Gasteiger partial charge is 0.462 e. The summed E-state index contributed by atoms with van der Waals surface area (Å²) in [4.78, 5) is 72.4. The lowest BCUT2D eigenvalue weighted by molar-refractivity contribution is -0.161. The van der Waals surface area contributed by atoms with E-state index in [4.69, 9.17) is 37.0 Å². The summed E-state index contributed by atoms with van der Waals surface area (Å²) in [6, 6.07) is 0. The van der Waals surface area contributed by atoms with Crippen LogP contribution in [0.25, 0.3) is 0 Å². The molecule has 0 saturated heterocycles. The van der Waals surface area contributed by atoms with Crippen molar-refractivity contribution in [1.82, 2.24) is 0 Å². The Morgan fingerprint density at radius 3 is 0.816 bits per heavy atom. The first-order valence-electron chi connectivity index (χ1n) is 35.2. The first-order chi connectivity index (χ1) is 41.6. The highest BCUT2D eigenvalue weighted by molar-refractivity contribution is 7.47. The normalized spacial score (nSPS) is 14.6. The van der Waals surface area contributed by atoms with Crippen LogP contribution in [0.3, 0.4) is 0 Å². The molecular weight excluding hydrogens is 1150 g/mol. The van der Waals surface area contributed by atoms with Crippen LogP contribution < -0.4 is 0 Å². The summed E-state index contributed by atoms with van der Waals surface area (Å²) in [6.07, 6.45) is 39.0. The minimum atomic E-state index is -4.95. The van der Waals surface area contributed by atoms with Gasteiger partial charge in [-0.2, -0.15) is 0 Å². The van der Waals surface area contributed by atoms with E-state index in [9.17, 15) is 43.2 Å².